The zero-order valence-corrected chi connectivity index (χ0v) is 18.6. The molecule has 0 N–H and O–H groups in total. The van der Waals surface area contributed by atoms with Gasteiger partial charge in [0.25, 0.3) is 0 Å². The molecule has 1 aliphatic carbocycles. The summed E-state index contributed by atoms with van der Waals surface area (Å²) >= 11 is 0. The molecule has 3 fully saturated rings. The third kappa shape index (κ3) is 4.80. The van der Waals surface area contributed by atoms with E-state index < -0.39 is 5.79 Å². The number of ether oxygens (including phenoxy) is 4. The highest BCUT2D eigenvalue weighted by atomic mass is 16.7. The molecule has 1 saturated carbocycles. The summed E-state index contributed by atoms with van der Waals surface area (Å²) in [6.45, 7) is 5.62. The van der Waals surface area contributed by atoms with Crippen molar-refractivity contribution in [3.8, 4) is 0 Å². The van der Waals surface area contributed by atoms with E-state index in [0.717, 1.165) is 32.1 Å². The van der Waals surface area contributed by atoms with Gasteiger partial charge in [0.15, 0.2) is 5.79 Å². The van der Waals surface area contributed by atoms with E-state index in [1.165, 1.54) is 0 Å². The molecule has 2 aliphatic heterocycles. The fourth-order valence-corrected chi connectivity index (χ4v) is 5.52. The van der Waals surface area contributed by atoms with Crippen molar-refractivity contribution in [1.82, 2.24) is 0 Å². The lowest BCUT2D eigenvalue weighted by Gasteiger charge is -2.35. The number of hydrogen-bond acceptors (Lipinski definition) is 6. The van der Waals surface area contributed by atoms with E-state index in [1.807, 2.05) is 18.2 Å². The molecule has 3 aliphatic rings. The first-order chi connectivity index (χ1) is 15.0. The largest absolute Gasteiger partial charge is 0.462 e. The average molecular weight is 431 g/mol. The Bertz CT molecular complexity index is 757. The van der Waals surface area contributed by atoms with E-state index in [4.69, 9.17) is 18.9 Å². The number of hydrogen-bond donors (Lipinski definition) is 0. The van der Waals surface area contributed by atoms with Crippen molar-refractivity contribution in [2.24, 2.45) is 17.8 Å². The van der Waals surface area contributed by atoms with Crippen LogP contribution in [0.15, 0.2) is 30.3 Å². The Labute approximate surface area is 184 Å². The predicted octanol–water partition coefficient (Wildman–Crippen LogP) is 4.51. The molecule has 0 radical (unpaired) electrons. The Kier molecular flexibility index (Phi) is 6.97. The molecule has 6 heteroatoms. The maximum Gasteiger partial charge on any atom is 0.338 e. The Morgan fingerprint density at radius 3 is 2.68 bits per heavy atom. The first-order valence-corrected chi connectivity index (χ1v) is 11.8. The zero-order chi connectivity index (χ0) is 21.8. The second-order valence-electron chi connectivity index (χ2n) is 9.20. The minimum Gasteiger partial charge on any atom is -0.462 e. The lowest BCUT2D eigenvalue weighted by Crippen LogP contribution is -2.39. The first kappa shape index (κ1) is 22.3. The van der Waals surface area contributed by atoms with Gasteiger partial charge in [0.1, 0.15) is 12.2 Å². The quantitative estimate of drug-likeness (QED) is 0.537. The number of rotatable bonds is 9. The standard InChI is InChI=1S/C25H34O6/c1-3-4-8-17(2)25(28-13-14-29-25)12-11-19-20-15-23(26)30-22(20)16-21(19)31-24(27)18-9-6-5-7-10-18/h5-7,9-10,17,19-22H,3-4,8,11-16H2,1-2H3/t17?,19-,20?,21?,22?/m1/s1. The molecule has 0 spiro atoms. The van der Waals surface area contributed by atoms with Crippen molar-refractivity contribution in [3.63, 3.8) is 0 Å². The van der Waals surface area contributed by atoms with E-state index in [2.05, 4.69) is 13.8 Å². The average Bonchev–Trinajstić information content (AvgIpc) is 3.47. The molecule has 5 atom stereocenters. The predicted molar refractivity (Wildman–Crippen MR) is 114 cm³/mol. The van der Waals surface area contributed by atoms with Crippen LogP contribution in [0.4, 0.5) is 0 Å². The monoisotopic (exact) mass is 430 g/mol. The SMILES string of the molecule is CCCCC(C)C1(CC[C@H]2C(OC(=O)c3ccccc3)CC3OC(=O)CC32)OCCO1. The molecule has 2 heterocycles. The van der Waals surface area contributed by atoms with E-state index in [0.29, 0.717) is 37.5 Å². The zero-order valence-electron chi connectivity index (χ0n) is 18.6. The molecule has 2 saturated heterocycles. The van der Waals surface area contributed by atoms with Crippen LogP contribution in [-0.2, 0) is 23.7 Å². The molecule has 31 heavy (non-hydrogen) atoms. The van der Waals surface area contributed by atoms with Crippen molar-refractivity contribution in [2.45, 2.75) is 76.8 Å². The van der Waals surface area contributed by atoms with E-state index >= 15 is 0 Å². The lowest BCUT2D eigenvalue weighted by molar-refractivity contribution is -0.201. The molecule has 6 nitrogen and oxygen atoms in total. The Hall–Kier alpha value is -1.92. The Morgan fingerprint density at radius 2 is 1.97 bits per heavy atom. The fourth-order valence-electron chi connectivity index (χ4n) is 5.52. The molecule has 4 unspecified atom stereocenters. The maximum atomic E-state index is 12.7. The number of fused-ring (bicyclic) bond motifs is 1. The number of unbranched alkanes of at least 4 members (excludes halogenated alkanes) is 1. The number of carbonyl (C=O) groups is 2. The number of esters is 2. The van der Waals surface area contributed by atoms with Gasteiger partial charge >= 0.3 is 11.9 Å². The van der Waals surface area contributed by atoms with Crippen molar-refractivity contribution < 1.29 is 28.5 Å². The van der Waals surface area contributed by atoms with Gasteiger partial charge in [-0.25, -0.2) is 4.79 Å². The van der Waals surface area contributed by atoms with Gasteiger partial charge in [0.2, 0.25) is 0 Å². The van der Waals surface area contributed by atoms with Gasteiger partial charge in [-0.1, -0.05) is 44.9 Å². The normalized spacial score (nSPS) is 30.1. The highest BCUT2D eigenvalue weighted by molar-refractivity contribution is 5.89. The fraction of sp³-hybridized carbons (Fsp3) is 0.680. The lowest BCUT2D eigenvalue weighted by atomic mass is 9.83. The number of carbonyl (C=O) groups excluding carboxylic acids is 2. The van der Waals surface area contributed by atoms with Crippen LogP contribution in [0.25, 0.3) is 0 Å². The topological polar surface area (TPSA) is 71.1 Å². The molecule has 4 rings (SSSR count). The highest BCUT2D eigenvalue weighted by Crippen LogP contribution is 2.47. The van der Waals surface area contributed by atoms with Crippen LogP contribution in [0.1, 0.15) is 69.2 Å². The van der Waals surface area contributed by atoms with E-state index in [-0.39, 0.29) is 36.0 Å². The summed E-state index contributed by atoms with van der Waals surface area (Å²) in [7, 11) is 0. The summed E-state index contributed by atoms with van der Waals surface area (Å²) in [5.74, 6) is -0.602. The molecule has 1 aromatic carbocycles. The maximum absolute atomic E-state index is 12.7. The molecular weight excluding hydrogens is 396 g/mol. The Balaban J connectivity index is 1.46. The van der Waals surface area contributed by atoms with Crippen LogP contribution >= 0.6 is 0 Å². The third-order valence-electron chi connectivity index (χ3n) is 7.27. The van der Waals surface area contributed by atoms with Crippen molar-refractivity contribution in [2.75, 3.05) is 13.2 Å². The molecule has 170 valence electrons. The highest BCUT2D eigenvalue weighted by Gasteiger charge is 2.53. The van der Waals surface area contributed by atoms with Crippen LogP contribution in [0.2, 0.25) is 0 Å². The second-order valence-corrected chi connectivity index (χ2v) is 9.20. The van der Waals surface area contributed by atoms with E-state index in [9.17, 15) is 9.59 Å². The van der Waals surface area contributed by atoms with Gasteiger partial charge in [0, 0.05) is 30.6 Å². The van der Waals surface area contributed by atoms with Gasteiger partial charge in [-0.05, 0) is 25.0 Å². The summed E-state index contributed by atoms with van der Waals surface area (Å²) < 4.78 is 23.8. The van der Waals surface area contributed by atoms with Crippen LogP contribution in [0.5, 0.6) is 0 Å². The number of benzene rings is 1. The van der Waals surface area contributed by atoms with Gasteiger partial charge in [0.05, 0.1) is 25.2 Å². The molecule has 0 aromatic heterocycles. The third-order valence-corrected chi connectivity index (χ3v) is 7.27. The second kappa shape index (κ2) is 9.70. The smallest absolute Gasteiger partial charge is 0.338 e. The van der Waals surface area contributed by atoms with Crippen molar-refractivity contribution in [1.29, 1.82) is 0 Å². The van der Waals surface area contributed by atoms with Crippen molar-refractivity contribution >= 4 is 11.9 Å². The summed E-state index contributed by atoms with van der Waals surface area (Å²) in [6.07, 6.45) is 5.40. The molecule has 1 aromatic rings. The summed E-state index contributed by atoms with van der Waals surface area (Å²) in [5, 5.41) is 0. The minimum absolute atomic E-state index is 0.0622. The minimum atomic E-state index is -0.579. The van der Waals surface area contributed by atoms with Gasteiger partial charge < -0.3 is 18.9 Å². The molecule has 0 bridgehead atoms. The van der Waals surface area contributed by atoms with Crippen LogP contribution in [0.3, 0.4) is 0 Å². The van der Waals surface area contributed by atoms with Gasteiger partial charge in [-0.3, -0.25) is 4.79 Å². The van der Waals surface area contributed by atoms with Gasteiger partial charge in [-0.15, -0.1) is 0 Å². The molecule has 0 amide bonds. The summed E-state index contributed by atoms with van der Waals surface area (Å²) in [6, 6.07) is 9.06. The summed E-state index contributed by atoms with van der Waals surface area (Å²) in [4.78, 5) is 24.6. The summed E-state index contributed by atoms with van der Waals surface area (Å²) in [5.41, 5.74) is 0.544. The van der Waals surface area contributed by atoms with E-state index in [1.54, 1.807) is 12.1 Å². The van der Waals surface area contributed by atoms with Gasteiger partial charge in [-0.2, -0.15) is 0 Å². The van der Waals surface area contributed by atoms with Crippen LogP contribution in [0, 0.1) is 17.8 Å². The van der Waals surface area contributed by atoms with Crippen molar-refractivity contribution in [3.05, 3.63) is 35.9 Å². The first-order valence-electron chi connectivity index (χ1n) is 11.8. The Morgan fingerprint density at radius 1 is 1.23 bits per heavy atom. The van der Waals surface area contributed by atoms with Crippen LogP contribution < -0.4 is 0 Å². The van der Waals surface area contributed by atoms with Crippen LogP contribution in [-0.4, -0.2) is 43.1 Å². The molecular formula is C25H34O6.